The molecule has 0 spiro atoms. The van der Waals surface area contributed by atoms with Crippen LogP contribution in [0.25, 0.3) is 22.4 Å². The van der Waals surface area contributed by atoms with E-state index in [1.165, 1.54) is 0 Å². The van der Waals surface area contributed by atoms with Crippen molar-refractivity contribution < 1.29 is 4.74 Å². The van der Waals surface area contributed by atoms with E-state index < -0.39 is 0 Å². The average Bonchev–Trinajstić information content (AvgIpc) is 2.95. The van der Waals surface area contributed by atoms with Gasteiger partial charge in [0.1, 0.15) is 11.6 Å². The van der Waals surface area contributed by atoms with Gasteiger partial charge in [0, 0.05) is 18.2 Å². The van der Waals surface area contributed by atoms with E-state index in [0.29, 0.717) is 18.0 Å². The molecule has 2 aromatic carbocycles. The van der Waals surface area contributed by atoms with Gasteiger partial charge in [-0.3, -0.25) is 0 Å². The normalized spacial score (nSPS) is 12.7. The van der Waals surface area contributed by atoms with Crippen molar-refractivity contribution in [3.63, 3.8) is 0 Å². The zero-order valence-corrected chi connectivity index (χ0v) is 14.4. The number of para-hydroxylation sites is 2. The van der Waals surface area contributed by atoms with Crippen molar-refractivity contribution >= 4 is 16.7 Å². The van der Waals surface area contributed by atoms with Crippen molar-refractivity contribution in [1.29, 1.82) is 0 Å². The van der Waals surface area contributed by atoms with Crippen LogP contribution >= 0.6 is 0 Å². The smallest absolute Gasteiger partial charge is 0.142 e. The largest absolute Gasteiger partial charge is 0.489 e. The minimum absolute atomic E-state index is 0.0833. The third kappa shape index (κ3) is 2.95. The fourth-order valence-electron chi connectivity index (χ4n) is 2.85. The van der Waals surface area contributed by atoms with Crippen molar-refractivity contribution in [3.05, 3.63) is 42.5 Å². The van der Waals surface area contributed by atoms with Crippen LogP contribution in [0, 0.1) is 0 Å². The van der Waals surface area contributed by atoms with Gasteiger partial charge >= 0.3 is 0 Å². The predicted molar refractivity (Wildman–Crippen MR) is 99.1 cm³/mol. The van der Waals surface area contributed by atoms with Gasteiger partial charge in [0.05, 0.1) is 22.8 Å². The van der Waals surface area contributed by atoms with E-state index >= 15 is 0 Å². The van der Waals surface area contributed by atoms with E-state index in [4.69, 9.17) is 21.2 Å². The Morgan fingerprint density at radius 3 is 2.54 bits per heavy atom. The highest BCUT2D eigenvalue weighted by Gasteiger charge is 2.17. The fraction of sp³-hybridized carbons (Fsp3) is 0.316. The predicted octanol–water partition coefficient (Wildman–Crippen LogP) is 3.59. The van der Waals surface area contributed by atoms with Gasteiger partial charge in [-0.15, -0.1) is 0 Å². The molecular formula is C19H24N4O. The number of hydrogen-bond donors (Lipinski definition) is 2. The maximum Gasteiger partial charge on any atom is 0.142 e. The Hall–Kier alpha value is -2.53. The van der Waals surface area contributed by atoms with Crippen LogP contribution in [0.1, 0.15) is 26.8 Å². The highest BCUT2D eigenvalue weighted by atomic mass is 16.5. The molecule has 1 heterocycles. The Labute approximate surface area is 142 Å². The van der Waals surface area contributed by atoms with Crippen LogP contribution in [0.15, 0.2) is 42.5 Å². The molecule has 0 saturated carbocycles. The molecule has 4 N–H and O–H groups in total. The maximum absolute atomic E-state index is 6.17. The number of anilines is 1. The van der Waals surface area contributed by atoms with Gasteiger partial charge in [-0.05, 0) is 51.1 Å². The number of aromatic nitrogens is 2. The Morgan fingerprint density at radius 1 is 1.12 bits per heavy atom. The van der Waals surface area contributed by atoms with Crippen molar-refractivity contribution in [2.75, 3.05) is 12.3 Å². The molecule has 3 aromatic rings. The molecular weight excluding hydrogens is 300 g/mol. The molecule has 0 saturated heterocycles. The zero-order chi connectivity index (χ0) is 17.3. The first-order chi connectivity index (χ1) is 11.5. The van der Waals surface area contributed by atoms with Gasteiger partial charge in [-0.1, -0.05) is 12.1 Å². The van der Waals surface area contributed by atoms with E-state index in [2.05, 4.69) is 17.6 Å². The van der Waals surface area contributed by atoms with Crippen LogP contribution in [0.3, 0.4) is 0 Å². The molecule has 1 atom stereocenters. The molecule has 1 unspecified atom stereocenters. The number of ether oxygens (including phenoxy) is 1. The number of rotatable bonds is 5. The van der Waals surface area contributed by atoms with Crippen LogP contribution in [-0.2, 0) is 0 Å². The number of imidazole rings is 1. The minimum atomic E-state index is 0.0833. The number of hydrogen-bond acceptors (Lipinski definition) is 4. The van der Waals surface area contributed by atoms with Crippen molar-refractivity contribution in [1.82, 2.24) is 9.55 Å². The lowest BCUT2D eigenvalue weighted by molar-refractivity contribution is 0.244. The summed E-state index contributed by atoms with van der Waals surface area (Å²) in [6.45, 7) is 6.60. The van der Waals surface area contributed by atoms with Crippen molar-refractivity contribution in [2.24, 2.45) is 5.73 Å². The quantitative estimate of drug-likeness (QED) is 0.703. The second-order valence-electron chi connectivity index (χ2n) is 6.30. The van der Waals surface area contributed by atoms with Crippen LogP contribution in [-0.4, -0.2) is 22.2 Å². The van der Waals surface area contributed by atoms with Crippen molar-refractivity contribution in [2.45, 2.75) is 32.9 Å². The molecule has 0 amide bonds. The summed E-state index contributed by atoms with van der Waals surface area (Å²) in [5, 5.41) is 0. The van der Waals surface area contributed by atoms with Gasteiger partial charge in [0.15, 0.2) is 0 Å². The highest BCUT2D eigenvalue weighted by molar-refractivity contribution is 5.81. The zero-order valence-electron chi connectivity index (χ0n) is 14.4. The third-order valence-corrected chi connectivity index (χ3v) is 4.01. The maximum atomic E-state index is 6.17. The Kier molecular flexibility index (Phi) is 4.44. The summed E-state index contributed by atoms with van der Waals surface area (Å²) in [4.78, 5) is 4.79. The monoisotopic (exact) mass is 324 g/mol. The second kappa shape index (κ2) is 6.53. The third-order valence-electron chi connectivity index (χ3n) is 4.01. The van der Waals surface area contributed by atoms with Gasteiger partial charge < -0.3 is 20.8 Å². The van der Waals surface area contributed by atoms with Gasteiger partial charge in [-0.2, -0.15) is 0 Å². The van der Waals surface area contributed by atoms with Crippen LogP contribution in [0.5, 0.6) is 5.75 Å². The SMILES string of the molecule is CC(C)Oc1ccc(-c2nc3ccccc3n2C(C)CN)cc1N. The molecule has 1 aromatic heterocycles. The van der Waals surface area contributed by atoms with Crippen LogP contribution in [0.2, 0.25) is 0 Å². The Balaban J connectivity index is 2.13. The molecule has 0 fully saturated rings. The molecule has 0 aliphatic rings. The number of nitrogen functional groups attached to an aromatic ring is 1. The molecule has 0 aliphatic heterocycles. The van der Waals surface area contributed by atoms with E-state index in [0.717, 1.165) is 22.4 Å². The topological polar surface area (TPSA) is 79.1 Å². The molecule has 0 aliphatic carbocycles. The Bertz CT molecular complexity index is 854. The summed E-state index contributed by atoms with van der Waals surface area (Å²) in [6, 6.07) is 14.0. The van der Waals surface area contributed by atoms with E-state index in [-0.39, 0.29) is 12.1 Å². The van der Waals surface area contributed by atoms with Crippen LogP contribution < -0.4 is 16.2 Å². The first-order valence-electron chi connectivity index (χ1n) is 8.25. The lowest BCUT2D eigenvalue weighted by Gasteiger charge is -2.17. The summed E-state index contributed by atoms with van der Waals surface area (Å²) >= 11 is 0. The van der Waals surface area contributed by atoms with Gasteiger partial charge in [-0.25, -0.2) is 4.98 Å². The molecule has 5 nitrogen and oxygen atoms in total. The molecule has 0 radical (unpaired) electrons. The summed E-state index contributed by atoms with van der Waals surface area (Å²) in [5.74, 6) is 1.57. The standard InChI is InChI=1S/C19H24N4O/c1-12(2)24-18-9-8-14(10-15(18)21)19-22-16-6-4-5-7-17(16)23(19)13(3)11-20/h4-10,12-13H,11,20-21H2,1-3H3. The van der Waals surface area contributed by atoms with E-state index in [1.807, 2.05) is 50.2 Å². The molecule has 3 rings (SSSR count). The summed E-state index contributed by atoms with van der Waals surface area (Å²) in [7, 11) is 0. The number of benzene rings is 2. The summed E-state index contributed by atoms with van der Waals surface area (Å²) < 4.78 is 7.90. The van der Waals surface area contributed by atoms with E-state index in [1.54, 1.807) is 0 Å². The number of fused-ring (bicyclic) bond motifs is 1. The fourth-order valence-corrected chi connectivity index (χ4v) is 2.85. The lowest BCUT2D eigenvalue weighted by Crippen LogP contribution is -2.17. The number of nitrogens with zero attached hydrogens (tertiary/aromatic N) is 2. The molecule has 5 heteroatoms. The van der Waals surface area contributed by atoms with E-state index in [9.17, 15) is 0 Å². The summed E-state index contributed by atoms with van der Waals surface area (Å²) in [6.07, 6.45) is 0.0833. The van der Waals surface area contributed by atoms with Crippen molar-refractivity contribution in [3.8, 4) is 17.1 Å². The van der Waals surface area contributed by atoms with Crippen LogP contribution in [0.4, 0.5) is 5.69 Å². The molecule has 0 bridgehead atoms. The minimum Gasteiger partial charge on any atom is -0.489 e. The number of nitrogens with two attached hydrogens (primary N) is 2. The molecule has 126 valence electrons. The first-order valence-corrected chi connectivity index (χ1v) is 8.25. The van der Waals surface area contributed by atoms with Gasteiger partial charge in [0.25, 0.3) is 0 Å². The summed E-state index contributed by atoms with van der Waals surface area (Å²) in [5.41, 5.74) is 15.7. The first kappa shape index (κ1) is 16.3. The van der Waals surface area contributed by atoms with Gasteiger partial charge in [0.2, 0.25) is 0 Å². The highest BCUT2D eigenvalue weighted by Crippen LogP contribution is 2.32. The lowest BCUT2D eigenvalue weighted by atomic mass is 10.1. The molecule has 24 heavy (non-hydrogen) atoms. The second-order valence-corrected chi connectivity index (χ2v) is 6.30. The Morgan fingerprint density at radius 2 is 1.88 bits per heavy atom. The average molecular weight is 324 g/mol.